The summed E-state index contributed by atoms with van der Waals surface area (Å²) < 4.78 is 27.0. The van der Waals surface area contributed by atoms with Crippen molar-refractivity contribution in [2.75, 3.05) is 0 Å². The lowest BCUT2D eigenvalue weighted by molar-refractivity contribution is 0.615. The van der Waals surface area contributed by atoms with Crippen LogP contribution in [0.15, 0.2) is 40.9 Å². The summed E-state index contributed by atoms with van der Waals surface area (Å²) in [6.07, 6.45) is 0.518. The Labute approximate surface area is 119 Å². The normalized spacial score (nSPS) is 12.5. The third-order valence-corrected chi connectivity index (χ3v) is 3.69. The maximum absolute atomic E-state index is 13.3. The molecule has 1 unspecified atom stereocenters. The van der Waals surface area contributed by atoms with Crippen molar-refractivity contribution in [1.29, 1.82) is 0 Å². The number of benzene rings is 2. The molecule has 0 aliphatic heterocycles. The van der Waals surface area contributed by atoms with E-state index in [0.29, 0.717) is 10.9 Å². The van der Waals surface area contributed by atoms with Crippen LogP contribution in [0, 0.1) is 18.6 Å². The topological polar surface area (TPSA) is 26.0 Å². The molecule has 1 atom stereocenters. The van der Waals surface area contributed by atoms with Crippen molar-refractivity contribution >= 4 is 15.9 Å². The maximum atomic E-state index is 13.3. The third kappa shape index (κ3) is 3.61. The molecule has 0 heterocycles. The van der Waals surface area contributed by atoms with Crippen molar-refractivity contribution in [1.82, 2.24) is 0 Å². The standard InChI is InChI=1S/C15H14BrF2N/c1-9-4-11(6-13(18)5-9)15(19)7-10-2-3-12(17)8-14(10)16/h2-6,8,15H,7,19H2,1H3. The fourth-order valence-electron chi connectivity index (χ4n) is 2.02. The van der Waals surface area contributed by atoms with Gasteiger partial charge in [0.1, 0.15) is 11.6 Å². The molecular weight excluding hydrogens is 312 g/mol. The van der Waals surface area contributed by atoms with Gasteiger partial charge in [-0.2, -0.15) is 0 Å². The van der Waals surface area contributed by atoms with Crippen LogP contribution in [0.25, 0.3) is 0 Å². The summed E-state index contributed by atoms with van der Waals surface area (Å²) in [5.41, 5.74) is 8.57. The zero-order valence-electron chi connectivity index (χ0n) is 10.5. The summed E-state index contributed by atoms with van der Waals surface area (Å²) in [6, 6.07) is 8.93. The van der Waals surface area contributed by atoms with Crippen molar-refractivity contribution in [2.45, 2.75) is 19.4 Å². The number of rotatable bonds is 3. The van der Waals surface area contributed by atoms with Gasteiger partial charge in [0.25, 0.3) is 0 Å². The van der Waals surface area contributed by atoms with Crippen molar-refractivity contribution < 1.29 is 8.78 Å². The zero-order valence-corrected chi connectivity index (χ0v) is 12.0. The molecule has 19 heavy (non-hydrogen) atoms. The summed E-state index contributed by atoms with van der Waals surface area (Å²) in [5, 5.41) is 0. The summed E-state index contributed by atoms with van der Waals surface area (Å²) in [4.78, 5) is 0. The minimum atomic E-state index is -0.323. The van der Waals surface area contributed by atoms with Gasteiger partial charge < -0.3 is 5.73 Å². The van der Waals surface area contributed by atoms with Crippen molar-refractivity contribution in [3.05, 3.63) is 69.2 Å². The average molecular weight is 326 g/mol. The van der Waals surface area contributed by atoms with E-state index in [-0.39, 0.29) is 17.7 Å². The molecule has 0 saturated carbocycles. The van der Waals surface area contributed by atoms with E-state index < -0.39 is 0 Å². The molecule has 0 aliphatic rings. The van der Waals surface area contributed by atoms with Gasteiger partial charge in [0.05, 0.1) is 0 Å². The van der Waals surface area contributed by atoms with Gasteiger partial charge in [-0.05, 0) is 54.3 Å². The zero-order chi connectivity index (χ0) is 14.0. The molecule has 4 heteroatoms. The number of hydrogen-bond donors (Lipinski definition) is 1. The molecule has 2 N–H and O–H groups in total. The molecule has 1 nitrogen and oxygen atoms in total. The van der Waals surface area contributed by atoms with Gasteiger partial charge in [-0.15, -0.1) is 0 Å². The van der Waals surface area contributed by atoms with E-state index in [1.807, 2.05) is 13.0 Å². The molecule has 100 valence electrons. The van der Waals surface area contributed by atoms with Crippen LogP contribution in [-0.4, -0.2) is 0 Å². The molecule has 0 amide bonds. The van der Waals surface area contributed by atoms with Crippen LogP contribution in [-0.2, 0) is 6.42 Å². The first-order valence-electron chi connectivity index (χ1n) is 5.92. The van der Waals surface area contributed by atoms with E-state index >= 15 is 0 Å². The van der Waals surface area contributed by atoms with E-state index in [2.05, 4.69) is 15.9 Å². The summed E-state index contributed by atoms with van der Waals surface area (Å²) in [7, 11) is 0. The summed E-state index contributed by atoms with van der Waals surface area (Å²) in [6.45, 7) is 1.83. The minimum absolute atomic E-state index is 0.288. The molecule has 0 aliphatic carbocycles. The average Bonchev–Trinajstić information content (AvgIpc) is 2.31. The van der Waals surface area contributed by atoms with Gasteiger partial charge in [0.2, 0.25) is 0 Å². The highest BCUT2D eigenvalue weighted by Crippen LogP contribution is 2.24. The van der Waals surface area contributed by atoms with E-state index in [1.54, 1.807) is 6.07 Å². The molecule has 0 radical (unpaired) electrons. The van der Waals surface area contributed by atoms with Crippen LogP contribution in [0.5, 0.6) is 0 Å². The summed E-state index contributed by atoms with van der Waals surface area (Å²) >= 11 is 3.31. The molecule has 0 fully saturated rings. The Morgan fingerprint density at radius 2 is 1.84 bits per heavy atom. The van der Waals surface area contributed by atoms with E-state index in [1.165, 1.54) is 24.3 Å². The van der Waals surface area contributed by atoms with Crippen LogP contribution in [0.1, 0.15) is 22.7 Å². The predicted octanol–water partition coefficient (Wildman–Crippen LogP) is 4.28. The number of halogens is 3. The van der Waals surface area contributed by atoms with Crippen molar-refractivity contribution in [3.63, 3.8) is 0 Å². The first kappa shape index (κ1) is 14.2. The largest absolute Gasteiger partial charge is 0.324 e. The van der Waals surface area contributed by atoms with Crippen LogP contribution >= 0.6 is 15.9 Å². The maximum Gasteiger partial charge on any atom is 0.124 e. The lowest BCUT2D eigenvalue weighted by atomic mass is 9.98. The van der Waals surface area contributed by atoms with Gasteiger partial charge in [-0.1, -0.05) is 28.1 Å². The molecule has 0 aromatic heterocycles. The van der Waals surface area contributed by atoms with Crippen LogP contribution < -0.4 is 5.73 Å². The highest BCUT2D eigenvalue weighted by atomic mass is 79.9. The van der Waals surface area contributed by atoms with Crippen molar-refractivity contribution in [3.8, 4) is 0 Å². The van der Waals surface area contributed by atoms with Crippen LogP contribution in [0.2, 0.25) is 0 Å². The lowest BCUT2D eigenvalue weighted by Crippen LogP contribution is -2.14. The monoisotopic (exact) mass is 325 g/mol. The second kappa shape index (κ2) is 5.80. The number of nitrogens with two attached hydrogens (primary N) is 1. The molecule has 0 saturated heterocycles. The molecule has 2 rings (SSSR count). The Bertz CT molecular complexity index is 578. The predicted molar refractivity (Wildman–Crippen MR) is 75.9 cm³/mol. The second-order valence-electron chi connectivity index (χ2n) is 4.61. The number of aryl methyl sites for hydroxylation is 1. The molecule has 0 spiro atoms. The first-order valence-corrected chi connectivity index (χ1v) is 6.71. The Morgan fingerprint density at radius 3 is 2.47 bits per heavy atom. The van der Waals surface area contributed by atoms with Gasteiger partial charge in [-0.25, -0.2) is 8.78 Å². The Hall–Kier alpha value is -1.26. The van der Waals surface area contributed by atoms with Gasteiger partial charge in [0, 0.05) is 10.5 Å². The highest BCUT2D eigenvalue weighted by Gasteiger charge is 2.11. The number of hydrogen-bond acceptors (Lipinski definition) is 1. The van der Waals surface area contributed by atoms with Crippen LogP contribution in [0.4, 0.5) is 8.78 Å². The van der Waals surface area contributed by atoms with Gasteiger partial charge in [-0.3, -0.25) is 0 Å². The van der Waals surface area contributed by atoms with Crippen LogP contribution in [0.3, 0.4) is 0 Å². The molecular formula is C15H14BrF2N. The van der Waals surface area contributed by atoms with E-state index in [0.717, 1.165) is 16.7 Å². The first-order chi connectivity index (χ1) is 8.95. The summed E-state index contributed by atoms with van der Waals surface area (Å²) in [5.74, 6) is -0.589. The molecule has 2 aromatic carbocycles. The minimum Gasteiger partial charge on any atom is -0.324 e. The molecule has 2 aromatic rings. The Balaban J connectivity index is 2.22. The quantitative estimate of drug-likeness (QED) is 0.895. The smallest absolute Gasteiger partial charge is 0.124 e. The lowest BCUT2D eigenvalue weighted by Gasteiger charge is -2.14. The highest BCUT2D eigenvalue weighted by molar-refractivity contribution is 9.10. The fraction of sp³-hybridized carbons (Fsp3) is 0.200. The van der Waals surface area contributed by atoms with E-state index in [4.69, 9.17) is 5.73 Å². The Morgan fingerprint density at radius 1 is 1.11 bits per heavy atom. The van der Waals surface area contributed by atoms with Gasteiger partial charge >= 0.3 is 0 Å². The van der Waals surface area contributed by atoms with Crippen molar-refractivity contribution in [2.24, 2.45) is 5.73 Å². The second-order valence-corrected chi connectivity index (χ2v) is 5.46. The SMILES string of the molecule is Cc1cc(F)cc(C(N)Cc2ccc(F)cc2Br)c1. The fourth-order valence-corrected chi connectivity index (χ4v) is 2.53. The molecule has 0 bridgehead atoms. The van der Waals surface area contributed by atoms with Gasteiger partial charge in [0.15, 0.2) is 0 Å². The Kier molecular flexibility index (Phi) is 4.32. The third-order valence-electron chi connectivity index (χ3n) is 2.95. The van der Waals surface area contributed by atoms with E-state index in [9.17, 15) is 8.78 Å².